The van der Waals surface area contributed by atoms with Gasteiger partial charge in [0.25, 0.3) is 0 Å². The fourth-order valence-electron chi connectivity index (χ4n) is 1.21. The van der Waals surface area contributed by atoms with Gasteiger partial charge in [0.2, 0.25) is 0 Å². The lowest BCUT2D eigenvalue weighted by molar-refractivity contribution is 0.181. The van der Waals surface area contributed by atoms with Gasteiger partial charge < -0.3 is 9.47 Å². The molecule has 0 bridgehead atoms. The summed E-state index contributed by atoms with van der Waals surface area (Å²) in [6, 6.07) is 4.61. The summed E-state index contributed by atoms with van der Waals surface area (Å²) in [5, 5.41) is 3.46. The van der Waals surface area contributed by atoms with E-state index in [4.69, 9.17) is 13.8 Å². The van der Waals surface area contributed by atoms with Crippen LogP contribution in [0.4, 0.5) is 5.69 Å². The van der Waals surface area contributed by atoms with Crippen molar-refractivity contribution >= 4 is 5.69 Å². The lowest BCUT2D eigenvalue weighted by Gasteiger charge is -2.09. The lowest BCUT2D eigenvalue weighted by atomic mass is 10.1. The van der Waals surface area contributed by atoms with E-state index in [0.29, 0.717) is 11.1 Å². The Morgan fingerprint density at radius 2 is 1.93 bits per heavy atom. The third-order valence-electron chi connectivity index (χ3n) is 1.80. The van der Waals surface area contributed by atoms with Crippen molar-refractivity contribution in [2.24, 2.45) is 5.11 Å². The van der Waals surface area contributed by atoms with Crippen LogP contribution in [-0.2, 0) is 22.7 Å². The molecule has 1 rings (SSSR count). The zero-order valence-corrected chi connectivity index (χ0v) is 7.80. The maximum Gasteiger partial charge on any atom is 0.0717 e. The summed E-state index contributed by atoms with van der Waals surface area (Å²) in [4.78, 5) is 2.65. The SMILES string of the molecule is [2H]C([2H])([2H])OCc1cccc(COC([2H])([2H])[2H])c1N=[N+]=[N-]. The Morgan fingerprint density at radius 1 is 1.33 bits per heavy atom. The summed E-state index contributed by atoms with van der Waals surface area (Å²) in [6.45, 7) is -0.598. The summed E-state index contributed by atoms with van der Waals surface area (Å²) in [5.41, 5.74) is 9.34. The minimum Gasteiger partial charge on any atom is -0.380 e. The molecule has 0 aliphatic rings. The van der Waals surface area contributed by atoms with Crippen molar-refractivity contribution in [1.82, 2.24) is 0 Å². The van der Waals surface area contributed by atoms with Crippen LogP contribution in [0.2, 0.25) is 0 Å². The Balaban J connectivity index is 3.01. The van der Waals surface area contributed by atoms with Crippen molar-refractivity contribution in [2.45, 2.75) is 13.2 Å². The van der Waals surface area contributed by atoms with Gasteiger partial charge in [-0.2, -0.15) is 0 Å². The number of ether oxygens (including phenoxy) is 2. The Labute approximate surface area is 96.7 Å². The van der Waals surface area contributed by atoms with Crippen LogP contribution in [0.3, 0.4) is 0 Å². The predicted octanol–water partition coefficient (Wildman–Crippen LogP) is 2.92. The van der Waals surface area contributed by atoms with Crippen molar-refractivity contribution in [3.8, 4) is 0 Å². The van der Waals surface area contributed by atoms with Gasteiger partial charge in [-0.1, -0.05) is 23.3 Å². The molecule has 0 amide bonds. The number of hydrogen-bond acceptors (Lipinski definition) is 3. The molecule has 0 aliphatic heterocycles. The summed E-state index contributed by atoms with van der Waals surface area (Å²) in [7, 11) is -5.17. The molecule has 15 heavy (non-hydrogen) atoms. The molecule has 0 saturated heterocycles. The van der Waals surface area contributed by atoms with Gasteiger partial charge in [-0.25, -0.2) is 0 Å². The molecule has 0 fully saturated rings. The minimum absolute atomic E-state index is 0.105. The molecule has 0 N–H and O–H groups in total. The van der Waals surface area contributed by atoms with Gasteiger partial charge in [0, 0.05) is 24.7 Å². The van der Waals surface area contributed by atoms with Gasteiger partial charge in [0.15, 0.2) is 0 Å². The average Bonchev–Trinajstić information content (AvgIpc) is 2.34. The molecule has 1 aromatic rings. The van der Waals surface area contributed by atoms with Gasteiger partial charge in [-0.05, 0) is 16.7 Å². The Morgan fingerprint density at radius 3 is 2.40 bits per heavy atom. The first-order chi connectivity index (χ1) is 9.62. The molecule has 0 spiro atoms. The molecular formula is C10H13N3O2. The van der Waals surface area contributed by atoms with Gasteiger partial charge in [-0.15, -0.1) is 0 Å². The van der Waals surface area contributed by atoms with E-state index in [1.54, 1.807) is 6.07 Å². The molecule has 0 aromatic heterocycles. The van der Waals surface area contributed by atoms with Crippen molar-refractivity contribution in [2.75, 3.05) is 14.1 Å². The van der Waals surface area contributed by atoms with Crippen LogP contribution in [-0.4, -0.2) is 14.1 Å². The van der Waals surface area contributed by atoms with Crippen LogP contribution in [0, 0.1) is 0 Å². The van der Waals surface area contributed by atoms with E-state index in [1.165, 1.54) is 12.1 Å². The third-order valence-corrected chi connectivity index (χ3v) is 1.80. The van der Waals surface area contributed by atoms with Crippen molar-refractivity contribution < 1.29 is 17.7 Å². The van der Waals surface area contributed by atoms with Crippen LogP contribution < -0.4 is 0 Å². The van der Waals surface area contributed by atoms with Crippen LogP contribution in [0.1, 0.15) is 19.4 Å². The standard InChI is InChI=1S/C10H13N3O2/c1-14-6-8-4-3-5-9(7-15-2)10(8)12-13-11/h3-5H,6-7H2,1-2H3/i1D3,2D3. The van der Waals surface area contributed by atoms with Gasteiger partial charge >= 0.3 is 0 Å². The highest BCUT2D eigenvalue weighted by Gasteiger charge is 2.05. The van der Waals surface area contributed by atoms with Crippen molar-refractivity contribution in [1.29, 1.82) is 0 Å². The second kappa shape index (κ2) is 6.03. The highest BCUT2D eigenvalue weighted by molar-refractivity contribution is 5.52. The minimum atomic E-state index is -2.58. The topological polar surface area (TPSA) is 67.2 Å². The molecule has 80 valence electrons. The zero-order chi connectivity index (χ0) is 16.1. The van der Waals surface area contributed by atoms with Crippen molar-refractivity contribution in [3.05, 3.63) is 39.8 Å². The second-order valence-corrected chi connectivity index (χ2v) is 2.69. The molecule has 0 radical (unpaired) electrons. The largest absolute Gasteiger partial charge is 0.380 e. The van der Waals surface area contributed by atoms with Gasteiger partial charge in [0.05, 0.1) is 21.4 Å². The van der Waals surface area contributed by atoms with E-state index in [0.717, 1.165) is 0 Å². The van der Waals surface area contributed by atoms with Crippen LogP contribution in [0.15, 0.2) is 23.3 Å². The van der Waals surface area contributed by atoms with E-state index in [2.05, 4.69) is 19.5 Å². The highest BCUT2D eigenvalue weighted by Crippen LogP contribution is 2.26. The molecular weight excluding hydrogens is 194 g/mol. The number of methoxy groups -OCH3 is 2. The van der Waals surface area contributed by atoms with Gasteiger partial charge in [-0.3, -0.25) is 0 Å². The number of hydrogen-bond donors (Lipinski definition) is 0. The Hall–Kier alpha value is -1.55. The quantitative estimate of drug-likeness (QED) is 0.428. The number of rotatable bonds is 5. The monoisotopic (exact) mass is 213 g/mol. The van der Waals surface area contributed by atoms with E-state index < -0.39 is 14.1 Å². The molecule has 5 heteroatoms. The van der Waals surface area contributed by atoms with Gasteiger partial charge in [0.1, 0.15) is 0 Å². The first-order valence-electron chi connectivity index (χ1n) is 7.06. The highest BCUT2D eigenvalue weighted by atomic mass is 16.5. The Bertz CT molecular complexity index is 500. The fourth-order valence-corrected chi connectivity index (χ4v) is 1.21. The molecule has 0 atom stereocenters. The summed E-state index contributed by atoms with van der Waals surface area (Å²) < 4.78 is 51.2. The number of benzene rings is 1. The second-order valence-electron chi connectivity index (χ2n) is 2.69. The summed E-state index contributed by atoms with van der Waals surface area (Å²) in [6.07, 6.45) is 0. The van der Waals surface area contributed by atoms with Crippen LogP contribution in [0.25, 0.3) is 10.4 Å². The lowest BCUT2D eigenvalue weighted by Crippen LogP contribution is -1.94. The first kappa shape index (κ1) is 5.51. The van der Waals surface area contributed by atoms with E-state index >= 15 is 0 Å². The molecule has 5 nitrogen and oxygen atoms in total. The maximum absolute atomic E-state index is 8.58. The first-order valence-corrected chi connectivity index (χ1v) is 4.06. The molecule has 0 aliphatic carbocycles. The summed E-state index contributed by atoms with van der Waals surface area (Å²) >= 11 is 0. The molecule has 0 unspecified atom stereocenters. The number of azide groups is 1. The molecule has 0 heterocycles. The summed E-state index contributed by atoms with van der Waals surface area (Å²) in [5.74, 6) is 0. The van der Waals surface area contributed by atoms with Crippen molar-refractivity contribution in [3.63, 3.8) is 0 Å². The maximum atomic E-state index is 8.58. The fraction of sp³-hybridized carbons (Fsp3) is 0.400. The van der Waals surface area contributed by atoms with E-state index in [-0.39, 0.29) is 18.9 Å². The predicted molar refractivity (Wildman–Crippen MR) is 56.7 cm³/mol. The zero-order valence-electron chi connectivity index (χ0n) is 13.8. The number of nitrogens with zero attached hydrogens (tertiary/aromatic N) is 3. The third kappa shape index (κ3) is 2.95. The van der Waals surface area contributed by atoms with Crippen LogP contribution in [0.5, 0.6) is 0 Å². The smallest absolute Gasteiger partial charge is 0.0717 e. The average molecular weight is 213 g/mol. The normalized spacial score (nSPS) is 17.3. The van der Waals surface area contributed by atoms with E-state index in [9.17, 15) is 0 Å². The van der Waals surface area contributed by atoms with Crippen LogP contribution >= 0.6 is 0 Å². The molecule has 0 saturated carbocycles. The van der Waals surface area contributed by atoms with E-state index in [1.807, 2.05) is 0 Å². The molecule has 1 aromatic carbocycles. The Kier molecular flexibility index (Phi) is 2.22.